The Kier molecular flexibility index (Phi) is 7.75. The number of rotatable bonds is 7. The second-order valence-corrected chi connectivity index (χ2v) is 9.62. The quantitative estimate of drug-likeness (QED) is 0.321. The standard InChI is InChI=1S/C23H21Cl2F2NO3S/c1-23(2,3)31-19(29)9-4-13-10-17(26)20(18(27)11-13)30-12-16-21(32-28-22(16)25)14-5-7-15(24)8-6-14/h5-8,10-11H,4,9,12H2,1-3H3. The third-order valence-electron chi connectivity index (χ3n) is 4.30. The topological polar surface area (TPSA) is 48.4 Å². The number of aryl methyl sites for hydroxylation is 1. The van der Waals surface area contributed by atoms with Crippen LogP contribution < -0.4 is 4.74 Å². The van der Waals surface area contributed by atoms with Crippen molar-refractivity contribution in [2.45, 2.75) is 45.8 Å². The lowest BCUT2D eigenvalue weighted by molar-refractivity contribution is -0.154. The molecule has 0 fully saturated rings. The van der Waals surface area contributed by atoms with Crippen LogP contribution in [0.1, 0.15) is 38.3 Å². The largest absolute Gasteiger partial charge is 0.483 e. The molecule has 0 aliphatic heterocycles. The van der Waals surface area contributed by atoms with Crippen molar-refractivity contribution in [1.29, 1.82) is 0 Å². The van der Waals surface area contributed by atoms with Crippen molar-refractivity contribution >= 4 is 40.7 Å². The van der Waals surface area contributed by atoms with E-state index in [9.17, 15) is 13.6 Å². The third kappa shape index (κ3) is 6.40. The highest BCUT2D eigenvalue weighted by atomic mass is 35.5. The highest BCUT2D eigenvalue weighted by Gasteiger charge is 2.20. The van der Waals surface area contributed by atoms with E-state index in [1.807, 2.05) is 0 Å². The molecule has 0 saturated carbocycles. The average Bonchev–Trinajstić information content (AvgIpc) is 3.05. The number of hydrogen-bond donors (Lipinski definition) is 0. The van der Waals surface area contributed by atoms with Crippen LogP contribution in [0.3, 0.4) is 0 Å². The number of halogens is 4. The van der Waals surface area contributed by atoms with Crippen LogP contribution >= 0.6 is 34.7 Å². The van der Waals surface area contributed by atoms with E-state index >= 15 is 0 Å². The van der Waals surface area contributed by atoms with Gasteiger partial charge in [0.25, 0.3) is 0 Å². The van der Waals surface area contributed by atoms with Crippen LogP contribution in [0, 0.1) is 11.6 Å². The molecule has 0 saturated heterocycles. The summed E-state index contributed by atoms with van der Waals surface area (Å²) in [4.78, 5) is 12.6. The number of nitrogens with zero attached hydrogens (tertiary/aromatic N) is 1. The Balaban J connectivity index is 1.71. The zero-order valence-electron chi connectivity index (χ0n) is 17.7. The summed E-state index contributed by atoms with van der Waals surface area (Å²) in [5, 5.41) is 0.785. The zero-order chi connectivity index (χ0) is 23.5. The van der Waals surface area contributed by atoms with E-state index in [1.165, 1.54) is 0 Å². The van der Waals surface area contributed by atoms with E-state index in [2.05, 4.69) is 4.37 Å². The third-order valence-corrected chi connectivity index (χ3v) is 5.91. The molecule has 0 bridgehead atoms. The number of benzene rings is 2. The molecule has 3 rings (SSSR count). The first-order chi connectivity index (χ1) is 15.0. The van der Waals surface area contributed by atoms with Crippen LogP contribution in [0.15, 0.2) is 36.4 Å². The SMILES string of the molecule is CC(C)(C)OC(=O)CCc1cc(F)c(OCc2c(Cl)nsc2-c2ccc(Cl)cc2)c(F)c1. The molecular formula is C23H21Cl2F2NO3S. The van der Waals surface area contributed by atoms with Crippen LogP contribution in [-0.2, 0) is 22.6 Å². The number of aromatic nitrogens is 1. The number of carbonyl (C=O) groups excluding carboxylic acids is 1. The summed E-state index contributed by atoms with van der Waals surface area (Å²) in [6.45, 7) is 5.09. The summed E-state index contributed by atoms with van der Waals surface area (Å²) >= 11 is 13.3. The maximum absolute atomic E-state index is 14.6. The van der Waals surface area contributed by atoms with Crippen molar-refractivity contribution in [2.24, 2.45) is 0 Å². The molecule has 2 aromatic carbocycles. The van der Waals surface area contributed by atoms with Gasteiger partial charge in [-0.3, -0.25) is 4.79 Å². The molecule has 0 radical (unpaired) electrons. The minimum Gasteiger partial charge on any atom is -0.483 e. The molecule has 3 aromatic rings. The average molecular weight is 500 g/mol. The summed E-state index contributed by atoms with van der Waals surface area (Å²) in [7, 11) is 0. The van der Waals surface area contributed by atoms with Gasteiger partial charge >= 0.3 is 5.97 Å². The molecule has 0 unspecified atom stereocenters. The summed E-state index contributed by atoms with van der Waals surface area (Å²) in [5.74, 6) is -2.68. The molecule has 1 aromatic heterocycles. The normalized spacial score (nSPS) is 11.5. The minimum absolute atomic E-state index is 0.0109. The van der Waals surface area contributed by atoms with Gasteiger partial charge in [-0.15, -0.1) is 0 Å². The second-order valence-electron chi connectivity index (χ2n) is 8.05. The summed E-state index contributed by atoms with van der Waals surface area (Å²) in [6, 6.07) is 9.36. The predicted molar refractivity (Wildman–Crippen MR) is 122 cm³/mol. The maximum Gasteiger partial charge on any atom is 0.306 e. The maximum atomic E-state index is 14.6. The molecule has 0 N–H and O–H groups in total. The molecule has 0 amide bonds. The molecule has 4 nitrogen and oxygen atoms in total. The van der Waals surface area contributed by atoms with E-state index in [1.54, 1.807) is 45.0 Å². The Hall–Kier alpha value is -2.22. The van der Waals surface area contributed by atoms with Crippen molar-refractivity contribution in [3.63, 3.8) is 0 Å². The van der Waals surface area contributed by atoms with Gasteiger partial charge in [0.05, 0.1) is 4.88 Å². The Morgan fingerprint density at radius 3 is 2.31 bits per heavy atom. The minimum atomic E-state index is -0.864. The van der Waals surface area contributed by atoms with Crippen LogP contribution in [-0.4, -0.2) is 15.9 Å². The lowest BCUT2D eigenvalue weighted by atomic mass is 10.1. The molecule has 0 spiro atoms. The van der Waals surface area contributed by atoms with Gasteiger partial charge in [0.2, 0.25) is 0 Å². The first-order valence-corrected chi connectivity index (χ1v) is 11.3. The number of esters is 1. The van der Waals surface area contributed by atoms with E-state index in [-0.39, 0.29) is 24.6 Å². The monoisotopic (exact) mass is 499 g/mol. The lowest BCUT2D eigenvalue weighted by Gasteiger charge is -2.19. The van der Waals surface area contributed by atoms with Crippen molar-refractivity contribution in [1.82, 2.24) is 4.37 Å². The molecule has 1 heterocycles. The Morgan fingerprint density at radius 2 is 1.72 bits per heavy atom. The fourth-order valence-electron chi connectivity index (χ4n) is 2.92. The Labute approximate surface area is 199 Å². The van der Waals surface area contributed by atoms with Crippen molar-refractivity contribution in [3.8, 4) is 16.2 Å². The van der Waals surface area contributed by atoms with Crippen molar-refractivity contribution < 1.29 is 23.0 Å². The number of ether oxygens (including phenoxy) is 2. The van der Waals surface area contributed by atoms with E-state index in [0.717, 1.165) is 34.1 Å². The molecule has 0 aliphatic carbocycles. The van der Waals surface area contributed by atoms with Crippen LogP contribution in [0.25, 0.3) is 10.4 Å². The smallest absolute Gasteiger partial charge is 0.306 e. The second kappa shape index (κ2) is 10.1. The Bertz CT molecular complexity index is 1090. The van der Waals surface area contributed by atoms with E-state index < -0.39 is 29.0 Å². The molecule has 0 aliphatic rings. The van der Waals surface area contributed by atoms with Gasteiger partial charge in [0.15, 0.2) is 17.4 Å². The molecule has 170 valence electrons. The van der Waals surface area contributed by atoms with Gasteiger partial charge in [-0.1, -0.05) is 35.3 Å². The fraction of sp³-hybridized carbons (Fsp3) is 0.304. The first-order valence-electron chi connectivity index (χ1n) is 9.76. The fourth-order valence-corrected chi connectivity index (χ4v) is 4.14. The molecule has 9 heteroatoms. The van der Waals surface area contributed by atoms with E-state index in [4.69, 9.17) is 32.7 Å². The first kappa shape index (κ1) is 24.4. The zero-order valence-corrected chi connectivity index (χ0v) is 20.0. The highest BCUT2D eigenvalue weighted by Crippen LogP contribution is 2.35. The lowest BCUT2D eigenvalue weighted by Crippen LogP contribution is -2.24. The van der Waals surface area contributed by atoms with Gasteiger partial charge in [0.1, 0.15) is 17.4 Å². The van der Waals surface area contributed by atoms with Crippen LogP contribution in [0.4, 0.5) is 8.78 Å². The Morgan fingerprint density at radius 1 is 1.09 bits per heavy atom. The predicted octanol–water partition coefficient (Wildman–Crippen LogP) is 7.25. The summed E-state index contributed by atoms with van der Waals surface area (Å²) in [5.41, 5.74) is 1.05. The van der Waals surface area contributed by atoms with Crippen molar-refractivity contribution in [2.75, 3.05) is 0 Å². The van der Waals surface area contributed by atoms with Gasteiger partial charge in [-0.05, 0) is 74.1 Å². The van der Waals surface area contributed by atoms with Gasteiger partial charge in [-0.25, -0.2) is 8.78 Å². The summed E-state index contributed by atoms with van der Waals surface area (Å²) < 4.78 is 43.9. The number of hydrogen-bond acceptors (Lipinski definition) is 5. The molecular weight excluding hydrogens is 479 g/mol. The summed E-state index contributed by atoms with van der Waals surface area (Å²) in [6.07, 6.45) is 0.154. The number of carbonyl (C=O) groups is 1. The van der Waals surface area contributed by atoms with Gasteiger partial charge in [0, 0.05) is 17.0 Å². The van der Waals surface area contributed by atoms with Crippen LogP contribution in [0.2, 0.25) is 10.2 Å². The molecule has 32 heavy (non-hydrogen) atoms. The highest BCUT2D eigenvalue weighted by molar-refractivity contribution is 7.10. The van der Waals surface area contributed by atoms with E-state index in [0.29, 0.717) is 16.1 Å². The molecule has 0 atom stereocenters. The van der Waals surface area contributed by atoms with Gasteiger partial charge in [-0.2, -0.15) is 4.37 Å². The van der Waals surface area contributed by atoms with Crippen molar-refractivity contribution in [3.05, 3.63) is 69.3 Å². The van der Waals surface area contributed by atoms with Gasteiger partial charge < -0.3 is 9.47 Å². The van der Waals surface area contributed by atoms with Crippen LogP contribution in [0.5, 0.6) is 5.75 Å².